The van der Waals surface area contributed by atoms with Gasteiger partial charge in [0, 0.05) is 19.1 Å². The number of primary sulfonamides is 1. The van der Waals surface area contributed by atoms with Crippen LogP contribution in [0.15, 0.2) is 23.1 Å². The summed E-state index contributed by atoms with van der Waals surface area (Å²) >= 11 is 0. The molecule has 23 heavy (non-hydrogen) atoms. The Bertz CT molecular complexity index is 799. The molecule has 0 bridgehead atoms. The zero-order valence-corrected chi connectivity index (χ0v) is 14.4. The van der Waals surface area contributed by atoms with E-state index in [9.17, 15) is 16.8 Å². The molecule has 1 aliphatic heterocycles. The Hall–Kier alpha value is -1.00. The molecule has 3 rings (SSSR count). The van der Waals surface area contributed by atoms with Crippen molar-refractivity contribution in [3.63, 3.8) is 0 Å². The molecule has 9 heteroatoms. The molecule has 1 aromatic carbocycles. The second kappa shape index (κ2) is 6.14. The highest BCUT2D eigenvalue weighted by atomic mass is 32.2. The number of hydrogen-bond acceptors (Lipinski definition) is 4. The van der Waals surface area contributed by atoms with Crippen LogP contribution in [-0.2, 0) is 33.2 Å². The lowest BCUT2D eigenvalue weighted by Crippen LogP contribution is -2.46. The van der Waals surface area contributed by atoms with Crippen LogP contribution in [0.5, 0.6) is 0 Å². The summed E-state index contributed by atoms with van der Waals surface area (Å²) in [6.45, 7) is 0.560. The number of sulfonamides is 1. The molecule has 2 aliphatic rings. The van der Waals surface area contributed by atoms with E-state index in [0.717, 1.165) is 31.2 Å². The first-order valence-corrected chi connectivity index (χ1v) is 10.7. The zero-order valence-electron chi connectivity index (χ0n) is 12.7. The molecule has 1 saturated carbocycles. The van der Waals surface area contributed by atoms with Crippen molar-refractivity contribution in [3.8, 4) is 0 Å². The fourth-order valence-corrected chi connectivity index (χ4v) is 5.23. The van der Waals surface area contributed by atoms with Gasteiger partial charge in [-0.25, -0.2) is 13.6 Å². The molecule has 128 valence electrons. The van der Waals surface area contributed by atoms with Crippen molar-refractivity contribution >= 4 is 20.2 Å². The number of fused-ring (bicyclic) bond motifs is 1. The van der Waals surface area contributed by atoms with E-state index in [4.69, 9.17) is 5.14 Å². The third kappa shape index (κ3) is 3.74. The van der Waals surface area contributed by atoms with Gasteiger partial charge in [-0.15, -0.1) is 0 Å². The van der Waals surface area contributed by atoms with Crippen LogP contribution in [0.3, 0.4) is 0 Å². The van der Waals surface area contributed by atoms with E-state index in [2.05, 4.69) is 4.72 Å². The van der Waals surface area contributed by atoms with Crippen molar-refractivity contribution in [2.45, 2.75) is 49.6 Å². The number of nitrogens with one attached hydrogen (secondary N) is 1. The Kier molecular flexibility index (Phi) is 4.49. The van der Waals surface area contributed by atoms with Crippen molar-refractivity contribution < 1.29 is 16.8 Å². The molecular weight excluding hydrogens is 338 g/mol. The normalized spacial score (nSPS) is 20.6. The van der Waals surface area contributed by atoms with Crippen molar-refractivity contribution in [3.05, 3.63) is 29.3 Å². The summed E-state index contributed by atoms with van der Waals surface area (Å²) in [6.07, 6.45) is 4.41. The van der Waals surface area contributed by atoms with Crippen molar-refractivity contribution in [2.24, 2.45) is 5.14 Å². The fraction of sp³-hybridized carbons (Fsp3) is 0.571. The quantitative estimate of drug-likeness (QED) is 0.814. The predicted octanol–water partition coefficient (Wildman–Crippen LogP) is 0.469. The molecule has 0 radical (unpaired) electrons. The largest absolute Gasteiger partial charge is 0.280 e. The molecule has 0 aromatic heterocycles. The SMILES string of the molecule is NS(=O)(=O)c1ccc2c(c1)CN(S(=O)(=O)NC1CCCC1)CC2. The molecule has 0 amide bonds. The minimum Gasteiger partial charge on any atom is -0.225 e. The fourth-order valence-electron chi connectivity index (χ4n) is 3.22. The van der Waals surface area contributed by atoms with Crippen molar-refractivity contribution in [2.75, 3.05) is 6.54 Å². The minimum absolute atomic E-state index is 0.0113. The second-order valence-corrected chi connectivity index (χ2v) is 9.43. The second-order valence-electron chi connectivity index (χ2n) is 6.16. The van der Waals surface area contributed by atoms with Gasteiger partial charge in [-0.2, -0.15) is 17.4 Å². The van der Waals surface area contributed by atoms with Gasteiger partial charge in [0.25, 0.3) is 10.2 Å². The Labute approximate surface area is 137 Å². The lowest BCUT2D eigenvalue weighted by atomic mass is 10.0. The van der Waals surface area contributed by atoms with Crippen LogP contribution in [0.4, 0.5) is 0 Å². The summed E-state index contributed by atoms with van der Waals surface area (Å²) in [5, 5.41) is 5.15. The lowest BCUT2D eigenvalue weighted by molar-refractivity contribution is 0.378. The summed E-state index contributed by atoms with van der Waals surface area (Å²) in [4.78, 5) is 0.0132. The molecule has 3 N–H and O–H groups in total. The summed E-state index contributed by atoms with van der Waals surface area (Å²) in [5.41, 5.74) is 1.66. The Morgan fingerprint density at radius 3 is 2.43 bits per heavy atom. The molecule has 1 heterocycles. The number of nitrogens with two attached hydrogens (primary N) is 1. The predicted molar refractivity (Wildman–Crippen MR) is 86.2 cm³/mol. The topological polar surface area (TPSA) is 110 Å². The van der Waals surface area contributed by atoms with Crippen molar-refractivity contribution in [1.82, 2.24) is 9.03 Å². The van der Waals surface area contributed by atoms with Crippen LogP contribution >= 0.6 is 0 Å². The summed E-state index contributed by atoms with van der Waals surface area (Å²) in [6, 6.07) is 4.66. The van der Waals surface area contributed by atoms with E-state index in [1.165, 1.54) is 16.4 Å². The molecule has 1 aliphatic carbocycles. The summed E-state index contributed by atoms with van der Waals surface area (Å²) < 4.78 is 52.1. The van der Waals surface area contributed by atoms with Gasteiger partial charge >= 0.3 is 0 Å². The van der Waals surface area contributed by atoms with Crippen molar-refractivity contribution in [1.29, 1.82) is 0 Å². The Morgan fingerprint density at radius 1 is 1.09 bits per heavy atom. The number of nitrogens with zero attached hydrogens (tertiary/aromatic N) is 1. The minimum atomic E-state index is -3.79. The molecular formula is C14H21N3O4S2. The van der Waals surface area contributed by atoms with Crippen LogP contribution in [0, 0.1) is 0 Å². The average Bonchev–Trinajstić information content (AvgIpc) is 2.97. The van der Waals surface area contributed by atoms with Gasteiger partial charge in [0.15, 0.2) is 0 Å². The molecule has 0 spiro atoms. The highest BCUT2D eigenvalue weighted by Crippen LogP contribution is 2.25. The summed E-state index contributed by atoms with van der Waals surface area (Å²) in [7, 11) is -7.35. The van der Waals surface area contributed by atoms with Crippen LogP contribution in [0.25, 0.3) is 0 Å². The third-order valence-corrected chi connectivity index (χ3v) is 7.03. The molecule has 0 saturated heterocycles. The van der Waals surface area contributed by atoms with Crippen LogP contribution in [-0.4, -0.2) is 33.7 Å². The highest BCUT2D eigenvalue weighted by Gasteiger charge is 2.30. The Balaban J connectivity index is 1.81. The monoisotopic (exact) mass is 359 g/mol. The molecule has 1 aromatic rings. The van der Waals surface area contributed by atoms with Crippen LogP contribution in [0.2, 0.25) is 0 Å². The van der Waals surface area contributed by atoms with Gasteiger partial charge in [-0.3, -0.25) is 0 Å². The average molecular weight is 359 g/mol. The first-order valence-electron chi connectivity index (χ1n) is 7.68. The number of rotatable bonds is 4. The van der Waals surface area contributed by atoms with Gasteiger partial charge in [-0.05, 0) is 42.5 Å². The maximum Gasteiger partial charge on any atom is 0.280 e. The van der Waals surface area contributed by atoms with Crippen LogP contribution in [0.1, 0.15) is 36.8 Å². The maximum atomic E-state index is 12.5. The van der Waals surface area contributed by atoms with Gasteiger partial charge < -0.3 is 0 Å². The van der Waals surface area contributed by atoms with E-state index in [-0.39, 0.29) is 17.5 Å². The smallest absolute Gasteiger partial charge is 0.225 e. The molecule has 1 fully saturated rings. The third-order valence-electron chi connectivity index (χ3n) is 4.49. The number of benzene rings is 1. The first kappa shape index (κ1) is 16.8. The van der Waals surface area contributed by atoms with E-state index >= 15 is 0 Å². The molecule has 7 nitrogen and oxygen atoms in total. The standard InChI is InChI=1S/C14H21N3O4S2/c15-22(18,19)14-6-5-11-7-8-17(10-12(11)9-14)23(20,21)16-13-3-1-2-4-13/h5-6,9,13,16H,1-4,7-8,10H2,(H2,15,18,19). The van der Waals surface area contributed by atoms with E-state index in [1.807, 2.05) is 0 Å². The molecule has 0 unspecified atom stereocenters. The van der Waals surface area contributed by atoms with Gasteiger partial charge in [0.05, 0.1) is 4.90 Å². The maximum absolute atomic E-state index is 12.5. The number of hydrogen-bond donors (Lipinski definition) is 2. The van der Waals surface area contributed by atoms with Gasteiger partial charge in [-0.1, -0.05) is 18.9 Å². The first-order chi connectivity index (χ1) is 10.8. The molecule has 0 atom stereocenters. The van der Waals surface area contributed by atoms with E-state index < -0.39 is 20.2 Å². The van der Waals surface area contributed by atoms with E-state index in [0.29, 0.717) is 18.5 Å². The Morgan fingerprint density at radius 2 is 1.78 bits per heavy atom. The highest BCUT2D eigenvalue weighted by molar-refractivity contribution is 7.89. The van der Waals surface area contributed by atoms with Crippen LogP contribution < -0.4 is 9.86 Å². The lowest BCUT2D eigenvalue weighted by Gasteiger charge is -2.29. The van der Waals surface area contributed by atoms with Gasteiger partial charge in [0.2, 0.25) is 10.0 Å². The van der Waals surface area contributed by atoms with E-state index in [1.54, 1.807) is 6.07 Å². The van der Waals surface area contributed by atoms with Gasteiger partial charge in [0.1, 0.15) is 0 Å². The summed E-state index contributed by atoms with van der Waals surface area (Å²) in [5.74, 6) is 0. The zero-order chi connectivity index (χ0) is 16.7.